The molecule has 0 unspecified atom stereocenters. The summed E-state index contributed by atoms with van der Waals surface area (Å²) in [6, 6.07) is -1.74. The molecule has 42 valence electrons. The zero-order chi connectivity index (χ0) is 7.72. The Labute approximate surface area is 47.0 Å². The van der Waals surface area contributed by atoms with E-state index in [-0.39, 0.29) is 0 Å². The number of hydrogen-bond acceptors (Lipinski definition) is 2. The van der Waals surface area contributed by atoms with Crippen molar-refractivity contribution in [2.45, 2.75) is 0 Å². The van der Waals surface area contributed by atoms with Gasteiger partial charge in [-0.1, -0.05) is 0 Å². The predicted octanol–water partition coefficient (Wildman–Crippen LogP) is 0.755. The van der Waals surface area contributed by atoms with E-state index < -0.39 is 24.0 Å². The van der Waals surface area contributed by atoms with Gasteiger partial charge >= 0.3 is 0 Å². The summed E-state index contributed by atoms with van der Waals surface area (Å²) in [5, 5.41) is 5.28. The Morgan fingerprint density at radius 2 is 1.62 bits per heavy atom. The molecule has 0 bridgehead atoms. The van der Waals surface area contributed by atoms with Crippen molar-refractivity contribution in [2.24, 2.45) is 0 Å². The van der Waals surface area contributed by atoms with Crippen LogP contribution in [0, 0.1) is 11.9 Å². The lowest BCUT2D eigenvalue weighted by Crippen LogP contribution is -1.88. The van der Waals surface area contributed by atoms with Crippen LogP contribution in [-0.4, -0.2) is 10.2 Å². The van der Waals surface area contributed by atoms with Crippen molar-refractivity contribution in [1.82, 2.24) is 10.2 Å². The topological polar surface area (TPSA) is 25.8 Å². The summed E-state index contributed by atoms with van der Waals surface area (Å²) in [4.78, 5) is 0. The molecule has 0 spiro atoms. The molecule has 4 heteroatoms. The molecule has 0 saturated carbocycles. The first-order valence-electron chi connectivity index (χ1n) is 2.78. The molecule has 0 aliphatic carbocycles. The number of aromatic nitrogens is 2. The molecule has 0 N–H and O–H groups in total. The van der Waals surface area contributed by atoms with Gasteiger partial charge < -0.3 is 0 Å². The van der Waals surface area contributed by atoms with Gasteiger partial charge in [0.15, 0.2) is 0 Å². The highest BCUT2D eigenvalue weighted by molar-refractivity contribution is 4.86. The molecule has 1 heterocycles. The molecular weight excluding hydrogens is 114 g/mol. The number of rotatable bonds is 0. The fourth-order valence-electron chi connectivity index (χ4n) is 0.241. The zero-order valence-corrected chi connectivity index (χ0v) is 3.65. The van der Waals surface area contributed by atoms with Crippen LogP contribution in [-0.2, 0) is 0 Å². The number of hydrogen-bond donors (Lipinski definition) is 0. The van der Waals surface area contributed by atoms with Crippen LogP contribution < -0.4 is 0 Å². The second-order valence-corrected chi connectivity index (χ2v) is 1.03. The van der Waals surface area contributed by atoms with Crippen LogP contribution in [0.25, 0.3) is 0 Å². The van der Waals surface area contributed by atoms with Gasteiger partial charge in [0, 0.05) is 0 Å². The highest BCUT2D eigenvalue weighted by Gasteiger charge is 1.90. The minimum atomic E-state index is -1.23. The highest BCUT2D eigenvalue weighted by Crippen LogP contribution is 1.89. The van der Waals surface area contributed by atoms with E-state index in [4.69, 9.17) is 2.74 Å². The van der Waals surface area contributed by atoms with E-state index >= 15 is 0 Å². The van der Waals surface area contributed by atoms with Gasteiger partial charge in [-0.15, -0.1) is 10.2 Å². The fraction of sp³-hybridized carbons (Fsp3) is 0. The average molecular weight is 118 g/mol. The summed E-state index contributed by atoms with van der Waals surface area (Å²) in [6.45, 7) is 0. The van der Waals surface area contributed by atoms with Crippen molar-refractivity contribution in [2.75, 3.05) is 0 Å². The van der Waals surface area contributed by atoms with Gasteiger partial charge in [0.05, 0.1) is 2.74 Å². The molecule has 0 radical (unpaired) electrons. The van der Waals surface area contributed by atoms with Crippen LogP contribution in [0.4, 0.5) is 8.78 Å². The van der Waals surface area contributed by atoms with Gasteiger partial charge in [-0.05, 0) is 12.1 Å². The van der Waals surface area contributed by atoms with Crippen molar-refractivity contribution in [1.29, 1.82) is 0 Å². The highest BCUT2D eigenvalue weighted by atomic mass is 19.1. The monoisotopic (exact) mass is 118 g/mol. The van der Waals surface area contributed by atoms with E-state index in [9.17, 15) is 8.78 Å². The molecule has 1 rings (SSSR count). The van der Waals surface area contributed by atoms with Crippen molar-refractivity contribution in [3.8, 4) is 0 Å². The Balaban J connectivity index is 3.34. The minimum absolute atomic E-state index is 0.868. The maximum atomic E-state index is 12.1. The molecule has 0 aliphatic rings. The van der Waals surface area contributed by atoms with Gasteiger partial charge in [0.2, 0.25) is 11.9 Å². The third-order valence-corrected chi connectivity index (χ3v) is 0.494. The van der Waals surface area contributed by atoms with Gasteiger partial charge in [0.25, 0.3) is 0 Å². The summed E-state index contributed by atoms with van der Waals surface area (Å²) in [5.74, 6) is -2.46. The van der Waals surface area contributed by atoms with Crippen LogP contribution >= 0.6 is 0 Å². The average Bonchev–Trinajstić information content (AvgIpc) is 1.93. The standard InChI is InChI=1S/C4H2F2N2/c5-3-1-2-4(6)8-7-3/h1-2H/i1D,2D. The van der Waals surface area contributed by atoms with E-state index in [2.05, 4.69) is 10.2 Å². The van der Waals surface area contributed by atoms with Crippen molar-refractivity contribution in [3.63, 3.8) is 0 Å². The smallest absolute Gasteiger partial charge is 0.183 e. The third-order valence-electron chi connectivity index (χ3n) is 0.494. The molecule has 0 atom stereocenters. The van der Waals surface area contributed by atoms with E-state index in [0.29, 0.717) is 0 Å². The fourth-order valence-corrected chi connectivity index (χ4v) is 0.241. The SMILES string of the molecule is [2H]c1c(F)nnc(F)c1[2H]. The zero-order valence-electron chi connectivity index (χ0n) is 5.65. The molecule has 0 aromatic carbocycles. The number of nitrogens with zero attached hydrogens (tertiary/aromatic N) is 2. The Hall–Kier alpha value is -1.06. The lowest BCUT2D eigenvalue weighted by Gasteiger charge is -1.81. The van der Waals surface area contributed by atoms with Gasteiger partial charge in [-0.3, -0.25) is 0 Å². The quantitative estimate of drug-likeness (QED) is 0.502. The molecule has 0 saturated heterocycles. The summed E-state index contributed by atoms with van der Waals surface area (Å²) in [5.41, 5.74) is 0. The molecule has 8 heavy (non-hydrogen) atoms. The predicted molar refractivity (Wildman–Crippen MR) is 21.9 cm³/mol. The first-order valence-corrected chi connectivity index (χ1v) is 1.78. The van der Waals surface area contributed by atoms with E-state index in [1.807, 2.05) is 0 Å². The Bertz CT molecular complexity index is 239. The van der Waals surface area contributed by atoms with E-state index in [1.165, 1.54) is 0 Å². The summed E-state index contributed by atoms with van der Waals surface area (Å²) < 4.78 is 37.6. The largest absolute Gasteiger partial charge is 0.233 e. The molecule has 0 amide bonds. The molecule has 1 aromatic heterocycles. The van der Waals surface area contributed by atoms with E-state index in [0.717, 1.165) is 0 Å². The van der Waals surface area contributed by atoms with Crippen LogP contribution in [0.3, 0.4) is 0 Å². The van der Waals surface area contributed by atoms with Crippen molar-refractivity contribution in [3.05, 3.63) is 24.0 Å². The molecule has 1 aromatic rings. The normalized spacial score (nSPS) is 12.8. The van der Waals surface area contributed by atoms with Crippen molar-refractivity contribution < 1.29 is 11.5 Å². The van der Waals surface area contributed by atoms with Gasteiger partial charge in [0.1, 0.15) is 0 Å². The van der Waals surface area contributed by atoms with Gasteiger partial charge in [-0.25, -0.2) is 0 Å². The molecule has 0 aliphatic heterocycles. The summed E-state index contributed by atoms with van der Waals surface area (Å²) in [7, 11) is 0. The molecule has 0 fully saturated rings. The number of halogens is 2. The van der Waals surface area contributed by atoms with Crippen molar-refractivity contribution >= 4 is 0 Å². The second kappa shape index (κ2) is 1.81. The lowest BCUT2D eigenvalue weighted by molar-refractivity contribution is 0.507. The first-order chi connectivity index (χ1) is 4.63. The molecule has 2 nitrogen and oxygen atoms in total. The Morgan fingerprint density at radius 1 is 1.25 bits per heavy atom. The Kier molecular flexibility index (Phi) is 0.695. The minimum Gasteiger partial charge on any atom is -0.183 e. The van der Waals surface area contributed by atoms with E-state index in [1.54, 1.807) is 0 Å². The van der Waals surface area contributed by atoms with Crippen LogP contribution in [0.15, 0.2) is 12.1 Å². The maximum Gasteiger partial charge on any atom is 0.233 e. The van der Waals surface area contributed by atoms with Crippen LogP contribution in [0.5, 0.6) is 0 Å². The molecular formula is C4H2F2N2. The third kappa shape index (κ3) is 0.959. The second-order valence-electron chi connectivity index (χ2n) is 1.03. The lowest BCUT2D eigenvalue weighted by atomic mass is 10.6. The van der Waals surface area contributed by atoms with Crippen LogP contribution in [0.1, 0.15) is 2.74 Å². The first kappa shape index (κ1) is 3.06. The Morgan fingerprint density at radius 3 is 2.00 bits per heavy atom. The summed E-state index contributed by atoms with van der Waals surface area (Å²) in [6.07, 6.45) is 0. The maximum absolute atomic E-state index is 12.1. The van der Waals surface area contributed by atoms with Gasteiger partial charge in [-0.2, -0.15) is 8.78 Å². The van der Waals surface area contributed by atoms with Crippen LogP contribution in [0.2, 0.25) is 0 Å². The summed E-state index contributed by atoms with van der Waals surface area (Å²) >= 11 is 0.